The van der Waals surface area contributed by atoms with Crippen molar-refractivity contribution in [3.63, 3.8) is 0 Å². The average molecular weight is 484 g/mol. The fourth-order valence-electron chi connectivity index (χ4n) is 3.93. The Morgan fingerprint density at radius 3 is 2.66 bits per heavy atom. The van der Waals surface area contributed by atoms with Gasteiger partial charge in [0.25, 0.3) is 12.3 Å². The quantitative estimate of drug-likeness (QED) is 0.512. The van der Waals surface area contributed by atoms with E-state index in [9.17, 15) is 13.6 Å². The van der Waals surface area contributed by atoms with E-state index in [-0.39, 0.29) is 35.1 Å². The van der Waals surface area contributed by atoms with Crippen LogP contribution in [-0.2, 0) is 16.6 Å². The fourth-order valence-corrected chi connectivity index (χ4v) is 3.93. The first-order chi connectivity index (χ1) is 16.7. The number of rotatable bonds is 8. The number of ether oxygens (including phenoxy) is 2. The first-order valence-corrected chi connectivity index (χ1v) is 11.1. The third-order valence-corrected chi connectivity index (χ3v) is 6.21. The van der Waals surface area contributed by atoms with Gasteiger partial charge in [-0.05, 0) is 19.4 Å². The molecule has 3 heterocycles. The largest absolute Gasteiger partial charge is 0.481 e. The molecule has 1 amide bonds. The average Bonchev–Trinajstić information content (AvgIpc) is 3.19. The van der Waals surface area contributed by atoms with Crippen LogP contribution in [0.5, 0.6) is 5.88 Å². The summed E-state index contributed by atoms with van der Waals surface area (Å²) in [5.74, 6) is 0.0617. The molecule has 35 heavy (non-hydrogen) atoms. The Kier molecular flexibility index (Phi) is 6.81. The summed E-state index contributed by atoms with van der Waals surface area (Å²) in [5, 5.41) is 7.55. The summed E-state index contributed by atoms with van der Waals surface area (Å²) in [6.45, 7) is 3.47. The molecule has 0 aliphatic carbocycles. The van der Waals surface area contributed by atoms with Crippen LogP contribution in [0.25, 0.3) is 22.3 Å². The number of carbonyl (C=O) groups is 1. The van der Waals surface area contributed by atoms with E-state index in [0.717, 1.165) is 0 Å². The van der Waals surface area contributed by atoms with Crippen LogP contribution in [0, 0.1) is 5.41 Å². The van der Waals surface area contributed by atoms with Gasteiger partial charge in [0.15, 0.2) is 12.3 Å². The molecule has 0 saturated carbocycles. The van der Waals surface area contributed by atoms with Crippen LogP contribution in [0.15, 0.2) is 53.3 Å². The van der Waals surface area contributed by atoms with Crippen molar-refractivity contribution < 1.29 is 23.0 Å². The highest BCUT2D eigenvalue weighted by Gasteiger charge is 2.32. The highest BCUT2D eigenvalue weighted by molar-refractivity contribution is 5.94. The molecule has 10 heteroatoms. The number of nitrogens with zero attached hydrogens (tertiary/aromatic N) is 4. The first-order valence-electron chi connectivity index (χ1n) is 11.1. The van der Waals surface area contributed by atoms with E-state index in [4.69, 9.17) is 9.47 Å². The number of fused-ring (bicyclic) bond motifs is 1. The number of methoxy groups -OCH3 is 1. The van der Waals surface area contributed by atoms with E-state index < -0.39 is 17.7 Å². The zero-order chi connectivity index (χ0) is 25.2. The maximum absolute atomic E-state index is 14.0. The molecule has 0 radical (unpaired) electrons. The second-order valence-corrected chi connectivity index (χ2v) is 8.68. The number of aromatic nitrogens is 3. The maximum Gasteiger partial charge on any atom is 0.264 e. The van der Waals surface area contributed by atoms with Gasteiger partial charge in [0.2, 0.25) is 11.8 Å². The minimum Gasteiger partial charge on any atom is -0.481 e. The van der Waals surface area contributed by atoms with Crippen molar-refractivity contribution in [1.82, 2.24) is 20.1 Å². The van der Waals surface area contributed by atoms with Gasteiger partial charge in [0.05, 0.1) is 12.5 Å². The number of hydrogen-bond donors (Lipinski definition) is 1. The maximum atomic E-state index is 14.0. The molecule has 2 unspecified atom stereocenters. The zero-order valence-corrected chi connectivity index (χ0v) is 20.0. The van der Waals surface area contributed by atoms with E-state index in [1.165, 1.54) is 10.7 Å². The molecular weight excluding hydrogens is 456 g/mol. The molecule has 0 bridgehead atoms. The number of pyridine rings is 1. The van der Waals surface area contributed by atoms with Gasteiger partial charge in [-0.3, -0.25) is 4.79 Å². The summed E-state index contributed by atoms with van der Waals surface area (Å²) in [4.78, 5) is 21.2. The number of hydrogen-bond acceptors (Lipinski definition) is 6. The van der Waals surface area contributed by atoms with Gasteiger partial charge in [-0.15, -0.1) is 0 Å². The van der Waals surface area contributed by atoms with Gasteiger partial charge in [-0.2, -0.15) is 10.1 Å². The van der Waals surface area contributed by atoms with Crippen molar-refractivity contribution in [2.75, 3.05) is 13.7 Å². The van der Waals surface area contributed by atoms with Gasteiger partial charge in [0, 0.05) is 41.9 Å². The lowest BCUT2D eigenvalue weighted by Gasteiger charge is -2.33. The molecule has 184 valence electrons. The van der Waals surface area contributed by atoms with Crippen molar-refractivity contribution in [1.29, 1.82) is 0 Å². The number of alkyl halides is 2. The van der Waals surface area contributed by atoms with E-state index in [1.54, 1.807) is 32.5 Å². The van der Waals surface area contributed by atoms with Crippen molar-refractivity contribution in [2.24, 2.45) is 17.5 Å². The lowest BCUT2D eigenvalue weighted by molar-refractivity contribution is -0.124. The van der Waals surface area contributed by atoms with Crippen molar-refractivity contribution in [3.05, 3.63) is 53.9 Å². The van der Waals surface area contributed by atoms with Crippen LogP contribution in [0.4, 0.5) is 8.78 Å². The monoisotopic (exact) mass is 483 g/mol. The minimum absolute atomic E-state index is 0.0728. The highest BCUT2D eigenvalue weighted by Crippen LogP contribution is 2.36. The molecule has 0 saturated heterocycles. The first kappa shape index (κ1) is 24.3. The molecule has 1 aromatic carbocycles. The van der Waals surface area contributed by atoms with Crippen molar-refractivity contribution in [3.8, 4) is 17.1 Å². The molecule has 4 rings (SSSR count). The number of amides is 1. The Bertz CT molecular complexity index is 1290. The summed E-state index contributed by atoms with van der Waals surface area (Å²) in [6, 6.07) is 9.99. The van der Waals surface area contributed by atoms with Gasteiger partial charge >= 0.3 is 0 Å². The van der Waals surface area contributed by atoms with Crippen LogP contribution in [-0.4, -0.2) is 46.6 Å². The fraction of sp³-hybridized carbons (Fsp3) is 0.360. The smallest absolute Gasteiger partial charge is 0.264 e. The Hall–Kier alpha value is -3.82. The lowest BCUT2D eigenvalue weighted by atomic mass is 9.80. The van der Waals surface area contributed by atoms with Crippen LogP contribution in [0.2, 0.25) is 0 Å². The Labute approximate surface area is 201 Å². The molecule has 3 aromatic rings. The van der Waals surface area contributed by atoms with Crippen molar-refractivity contribution in [2.45, 2.75) is 32.7 Å². The molecule has 0 fully saturated rings. The number of halogens is 2. The second kappa shape index (κ2) is 9.81. The number of aliphatic imine (C=N–C) groups is 1. The summed E-state index contributed by atoms with van der Waals surface area (Å²) in [5.41, 5.74) is 0.711. The summed E-state index contributed by atoms with van der Waals surface area (Å²) >= 11 is 0. The zero-order valence-electron chi connectivity index (χ0n) is 20.0. The third-order valence-electron chi connectivity index (χ3n) is 6.21. The van der Waals surface area contributed by atoms with E-state index in [1.807, 2.05) is 38.1 Å². The molecule has 0 spiro atoms. The number of nitrogens with one attached hydrogen (secondary N) is 1. The number of aryl methyl sites for hydroxylation is 1. The van der Waals surface area contributed by atoms with Crippen LogP contribution < -0.4 is 10.1 Å². The molecule has 1 aliphatic rings. The van der Waals surface area contributed by atoms with E-state index >= 15 is 0 Å². The second-order valence-electron chi connectivity index (χ2n) is 8.68. The minimum atomic E-state index is -2.78. The predicted octanol–water partition coefficient (Wildman–Crippen LogP) is 4.43. The summed E-state index contributed by atoms with van der Waals surface area (Å²) < 4.78 is 40.1. The molecule has 2 aromatic heterocycles. The highest BCUT2D eigenvalue weighted by atomic mass is 19.3. The summed E-state index contributed by atoms with van der Waals surface area (Å²) in [6.07, 6.45) is 1.48. The molecular formula is C25H27F2N5O3. The normalized spacial score (nSPS) is 18.4. The van der Waals surface area contributed by atoms with Gasteiger partial charge < -0.3 is 14.8 Å². The van der Waals surface area contributed by atoms with E-state index in [0.29, 0.717) is 23.6 Å². The molecule has 1 N–H and O–H groups in total. The Morgan fingerprint density at radius 2 is 2.03 bits per heavy atom. The standard InChI is InChI=1S/C25H27F2N5O3/c1-15(25(2)11-10-19(34-4)28-14-25)29-18(33)13-35-20-12-17(23(26)27)21-22(16-8-6-5-7-9-16)31-32(3)24(21)30-20/h5-10,12,14-15,23H,11,13H2,1-4H3,(H,29,33). The SMILES string of the molecule is COC1=CCC(C)(C(C)NC(=O)COc2cc(C(F)F)c3c(-c4ccccc4)nn(C)c3n2)C=N1. The summed E-state index contributed by atoms with van der Waals surface area (Å²) in [7, 11) is 3.18. The van der Waals surface area contributed by atoms with Crippen LogP contribution >= 0.6 is 0 Å². The van der Waals surface area contributed by atoms with E-state index in [2.05, 4.69) is 20.4 Å². The Morgan fingerprint density at radius 1 is 1.29 bits per heavy atom. The Balaban J connectivity index is 1.51. The van der Waals surface area contributed by atoms with Crippen LogP contribution in [0.1, 0.15) is 32.3 Å². The molecule has 1 aliphatic heterocycles. The van der Waals surface area contributed by atoms with Gasteiger partial charge in [-0.25, -0.2) is 18.5 Å². The number of carbonyl (C=O) groups excluding carboxylic acids is 1. The number of benzene rings is 1. The van der Waals surface area contributed by atoms with Gasteiger partial charge in [0.1, 0.15) is 5.69 Å². The molecule has 8 nitrogen and oxygen atoms in total. The number of allylic oxidation sites excluding steroid dienone is 1. The molecule has 2 atom stereocenters. The van der Waals surface area contributed by atoms with Gasteiger partial charge in [-0.1, -0.05) is 37.3 Å². The third kappa shape index (κ3) is 5.01. The van der Waals surface area contributed by atoms with Crippen LogP contribution in [0.3, 0.4) is 0 Å². The topological polar surface area (TPSA) is 90.6 Å². The predicted molar refractivity (Wildman–Crippen MR) is 128 cm³/mol. The lowest BCUT2D eigenvalue weighted by Crippen LogP contribution is -2.47. The van der Waals surface area contributed by atoms with Crippen molar-refractivity contribution >= 4 is 23.2 Å².